The number of aromatic nitrogens is 5. The molecule has 15 heteroatoms. The summed E-state index contributed by atoms with van der Waals surface area (Å²) in [4.78, 5) is 53.5. The normalized spacial score (nSPS) is 21.7. The Hall–Kier alpha value is -4.82. The first kappa shape index (κ1) is 28.9. The average Bonchev–Trinajstić information content (AvgIpc) is 3.49. The molecule has 2 fully saturated rings. The number of imide groups is 1. The van der Waals surface area contributed by atoms with Crippen molar-refractivity contribution in [3.63, 3.8) is 0 Å². The average molecular weight is 631 g/mol. The molecular formula is C30H31ClN10O4. The van der Waals surface area contributed by atoms with Crippen LogP contribution in [0.15, 0.2) is 36.5 Å². The van der Waals surface area contributed by atoms with E-state index in [9.17, 15) is 19.5 Å². The van der Waals surface area contributed by atoms with Gasteiger partial charge in [-0.05, 0) is 48.7 Å². The minimum Gasteiger partial charge on any atom is -0.389 e. The maximum atomic E-state index is 12.5. The van der Waals surface area contributed by atoms with Crippen molar-refractivity contribution < 1.29 is 19.5 Å². The lowest BCUT2D eigenvalue weighted by molar-refractivity contribution is -0.134. The number of hydrogen-bond donors (Lipinski definition) is 4. The van der Waals surface area contributed by atoms with E-state index in [1.807, 2.05) is 35.2 Å². The summed E-state index contributed by atoms with van der Waals surface area (Å²) in [6, 6.07) is 9.09. The molecule has 14 nitrogen and oxygen atoms in total. The fraction of sp³-hybridized carbons (Fsp3) is 0.367. The number of amides is 3. The minimum atomic E-state index is -0.747. The van der Waals surface area contributed by atoms with E-state index >= 15 is 0 Å². The number of carbonyl (C=O) groups is 3. The van der Waals surface area contributed by atoms with Crippen molar-refractivity contribution >= 4 is 69.3 Å². The summed E-state index contributed by atoms with van der Waals surface area (Å²) in [6.45, 7) is 0.871. The smallest absolute Gasteiger partial charge is 0.235 e. The lowest BCUT2D eigenvalue weighted by Gasteiger charge is -2.36. The van der Waals surface area contributed by atoms with Crippen LogP contribution >= 0.6 is 11.6 Å². The summed E-state index contributed by atoms with van der Waals surface area (Å²) in [6.07, 6.45) is 2.40. The molecule has 1 unspecified atom stereocenters. The number of nitrogens with one attached hydrogen (secondary N) is 3. The molecule has 3 atom stereocenters. The van der Waals surface area contributed by atoms with Gasteiger partial charge < -0.3 is 25.5 Å². The molecule has 6 heterocycles. The van der Waals surface area contributed by atoms with Crippen LogP contribution in [0.1, 0.15) is 36.4 Å². The van der Waals surface area contributed by atoms with Crippen LogP contribution < -0.4 is 25.8 Å². The lowest BCUT2D eigenvalue weighted by Crippen LogP contribution is -2.50. The van der Waals surface area contributed by atoms with Gasteiger partial charge in [-0.15, -0.1) is 0 Å². The van der Waals surface area contributed by atoms with Crippen molar-refractivity contribution in [3.8, 4) is 0 Å². The highest BCUT2D eigenvalue weighted by Crippen LogP contribution is 2.33. The molecular weight excluding hydrogens is 600 g/mol. The van der Waals surface area contributed by atoms with E-state index in [4.69, 9.17) is 16.6 Å². The second-order valence-electron chi connectivity index (χ2n) is 11.6. The summed E-state index contributed by atoms with van der Waals surface area (Å²) in [5, 5.41) is 25.7. The maximum Gasteiger partial charge on any atom is 0.235 e. The van der Waals surface area contributed by atoms with E-state index in [1.54, 1.807) is 23.7 Å². The summed E-state index contributed by atoms with van der Waals surface area (Å²) >= 11 is 6.43. The van der Waals surface area contributed by atoms with Crippen LogP contribution in [0.4, 0.5) is 29.0 Å². The quantitative estimate of drug-likeness (QED) is 0.230. The van der Waals surface area contributed by atoms with Crippen molar-refractivity contribution in [2.75, 3.05) is 40.6 Å². The van der Waals surface area contributed by atoms with E-state index in [0.29, 0.717) is 66.3 Å². The SMILES string of the molecule is CN1C(=O)Cc2cc(Nc3nc(N4CC[C@@H](Nc5ccc6c(C7CCC(=O)NC7=O)nn(C)c6n5)[C@H](O)C4)ncc3Cl)ccc21. The number of halogens is 1. The molecule has 1 aromatic carbocycles. The van der Waals surface area contributed by atoms with E-state index in [-0.39, 0.29) is 30.2 Å². The van der Waals surface area contributed by atoms with Gasteiger partial charge in [0, 0.05) is 50.4 Å². The Morgan fingerprint density at radius 3 is 2.73 bits per heavy atom. The van der Waals surface area contributed by atoms with Crippen LogP contribution in [0, 0.1) is 0 Å². The molecule has 7 rings (SSSR count). The number of pyridine rings is 1. The Balaban J connectivity index is 1.02. The largest absolute Gasteiger partial charge is 0.389 e. The molecule has 4 aromatic rings. The van der Waals surface area contributed by atoms with E-state index in [1.165, 1.54) is 6.20 Å². The first-order valence-electron chi connectivity index (χ1n) is 14.7. The van der Waals surface area contributed by atoms with Gasteiger partial charge in [-0.2, -0.15) is 10.1 Å². The Bertz CT molecular complexity index is 1860. The van der Waals surface area contributed by atoms with Gasteiger partial charge in [0.05, 0.1) is 36.4 Å². The van der Waals surface area contributed by atoms with E-state index in [2.05, 4.69) is 31.0 Å². The van der Waals surface area contributed by atoms with Crippen LogP contribution in [0.3, 0.4) is 0 Å². The number of benzene rings is 1. The Kier molecular flexibility index (Phi) is 7.25. The van der Waals surface area contributed by atoms with Crippen molar-refractivity contribution in [2.45, 2.75) is 43.7 Å². The van der Waals surface area contributed by atoms with Gasteiger partial charge in [-0.1, -0.05) is 11.6 Å². The fourth-order valence-electron chi connectivity index (χ4n) is 6.20. The third kappa shape index (κ3) is 5.40. The summed E-state index contributed by atoms with van der Waals surface area (Å²) < 4.78 is 1.63. The molecule has 3 amide bonds. The zero-order valence-corrected chi connectivity index (χ0v) is 25.4. The van der Waals surface area contributed by atoms with Gasteiger partial charge >= 0.3 is 0 Å². The van der Waals surface area contributed by atoms with Gasteiger partial charge in [0.2, 0.25) is 23.7 Å². The number of anilines is 5. The molecule has 2 saturated heterocycles. The van der Waals surface area contributed by atoms with Crippen LogP contribution in [-0.2, 0) is 27.9 Å². The number of β-amino-alcohol motifs (C(OH)–C–C–N with tert-alkyl or cyclic N) is 1. The molecule has 0 aliphatic carbocycles. The molecule has 0 radical (unpaired) electrons. The number of nitrogens with zero attached hydrogens (tertiary/aromatic N) is 7. The molecule has 3 aliphatic heterocycles. The molecule has 3 aliphatic rings. The first-order valence-corrected chi connectivity index (χ1v) is 15.1. The van der Waals surface area contributed by atoms with Crippen LogP contribution in [0.2, 0.25) is 5.02 Å². The van der Waals surface area contributed by atoms with Gasteiger partial charge in [-0.3, -0.25) is 24.4 Å². The minimum absolute atomic E-state index is 0.0492. The van der Waals surface area contributed by atoms with Gasteiger partial charge in [0.1, 0.15) is 10.8 Å². The highest BCUT2D eigenvalue weighted by molar-refractivity contribution is 6.32. The Morgan fingerprint density at radius 1 is 1.09 bits per heavy atom. The molecule has 3 aromatic heterocycles. The van der Waals surface area contributed by atoms with Crippen molar-refractivity contribution in [1.82, 2.24) is 30.0 Å². The Labute approximate surface area is 262 Å². The molecule has 0 bridgehead atoms. The summed E-state index contributed by atoms with van der Waals surface area (Å²) in [5.41, 5.74) is 3.78. The summed E-state index contributed by atoms with van der Waals surface area (Å²) in [5.74, 6) is 0.371. The van der Waals surface area contributed by atoms with E-state index in [0.717, 1.165) is 22.3 Å². The van der Waals surface area contributed by atoms with Crippen LogP contribution in [0.25, 0.3) is 11.0 Å². The zero-order chi connectivity index (χ0) is 31.4. The molecule has 0 spiro atoms. The topological polar surface area (TPSA) is 170 Å². The second-order valence-corrected chi connectivity index (χ2v) is 12.0. The number of aliphatic hydroxyl groups is 1. The third-order valence-electron chi connectivity index (χ3n) is 8.63. The van der Waals surface area contributed by atoms with Crippen LogP contribution in [0.5, 0.6) is 0 Å². The van der Waals surface area contributed by atoms with Gasteiger partial charge in [0.15, 0.2) is 11.5 Å². The van der Waals surface area contributed by atoms with Crippen molar-refractivity contribution in [1.29, 1.82) is 0 Å². The van der Waals surface area contributed by atoms with Gasteiger partial charge in [0.25, 0.3) is 0 Å². The molecule has 0 saturated carbocycles. The summed E-state index contributed by atoms with van der Waals surface area (Å²) in [7, 11) is 3.53. The zero-order valence-electron chi connectivity index (χ0n) is 24.6. The predicted octanol–water partition coefficient (Wildman–Crippen LogP) is 2.25. The Morgan fingerprint density at radius 2 is 1.93 bits per heavy atom. The fourth-order valence-corrected chi connectivity index (χ4v) is 6.34. The number of carbonyl (C=O) groups excluding carboxylic acids is 3. The number of likely N-dealkylation sites (N-methyl/N-ethyl adjacent to an activating group) is 1. The number of aryl methyl sites for hydroxylation is 1. The third-order valence-corrected chi connectivity index (χ3v) is 8.91. The number of rotatable bonds is 6. The predicted molar refractivity (Wildman–Crippen MR) is 168 cm³/mol. The van der Waals surface area contributed by atoms with E-state index < -0.39 is 12.0 Å². The standard InChI is InChI=1S/C30H31ClN10O4/c1-39-21-6-3-16(11-15(21)12-25(39)44)33-27-19(31)13-32-30(37-27)41-10-9-20(22(42)14-41)34-23-7-4-17-26(38-40(2)28(17)35-23)18-5-8-24(43)36-29(18)45/h3-4,6-7,11,13,18,20,22,42H,5,8-10,12,14H2,1-2H3,(H,34,35)(H,32,33,37)(H,36,43,45)/t18?,20-,22-/m1/s1. The molecule has 232 valence electrons. The van der Waals surface area contributed by atoms with Gasteiger partial charge in [-0.25, -0.2) is 9.97 Å². The number of hydrogen-bond acceptors (Lipinski definition) is 11. The van der Waals surface area contributed by atoms with Crippen LogP contribution in [-0.4, -0.2) is 79.8 Å². The molecule has 45 heavy (non-hydrogen) atoms. The maximum absolute atomic E-state index is 12.5. The second kappa shape index (κ2) is 11.3. The van der Waals surface area contributed by atoms with Crippen molar-refractivity contribution in [2.24, 2.45) is 7.05 Å². The van der Waals surface area contributed by atoms with Crippen molar-refractivity contribution in [3.05, 3.63) is 52.8 Å². The number of piperidine rings is 2. The monoisotopic (exact) mass is 630 g/mol. The highest BCUT2D eigenvalue weighted by atomic mass is 35.5. The first-order chi connectivity index (χ1) is 21.6. The molecule has 4 N–H and O–H groups in total. The number of fused-ring (bicyclic) bond motifs is 2. The highest BCUT2D eigenvalue weighted by Gasteiger charge is 2.33. The number of aliphatic hydroxyl groups excluding tert-OH is 1. The lowest BCUT2D eigenvalue weighted by atomic mass is 9.93.